The molecule has 0 fully saturated rings. The van der Waals surface area contributed by atoms with Crippen molar-refractivity contribution in [3.05, 3.63) is 36.5 Å². The molecule has 11 heavy (non-hydrogen) atoms. The molecule has 0 heterocycles. The molecule has 0 aliphatic carbocycles. The second-order valence-corrected chi connectivity index (χ2v) is 3.23. The zero-order chi connectivity index (χ0) is 8.69. The topological polar surface area (TPSA) is 0 Å². The number of allylic oxidation sites excluding steroid dienone is 5. The van der Waals surface area contributed by atoms with Crippen molar-refractivity contribution in [2.75, 3.05) is 0 Å². The summed E-state index contributed by atoms with van der Waals surface area (Å²) in [4.78, 5) is 0. The summed E-state index contributed by atoms with van der Waals surface area (Å²) in [6, 6.07) is 0. The first-order chi connectivity index (χ1) is 5.16. The van der Waals surface area contributed by atoms with Crippen molar-refractivity contribution < 1.29 is 0 Å². The quantitative estimate of drug-likeness (QED) is 0.536. The molecule has 62 valence electrons. The lowest BCUT2D eigenvalue weighted by Gasteiger charge is -2.02. The van der Waals surface area contributed by atoms with E-state index in [9.17, 15) is 0 Å². The van der Waals surface area contributed by atoms with E-state index < -0.39 is 0 Å². The van der Waals surface area contributed by atoms with E-state index in [0.717, 1.165) is 5.92 Å². The maximum Gasteiger partial charge on any atom is -0.0297 e. The molecule has 0 aliphatic rings. The lowest BCUT2D eigenvalue weighted by Crippen LogP contribution is -1.86. The van der Waals surface area contributed by atoms with Crippen LogP contribution in [0.25, 0.3) is 0 Å². The highest BCUT2D eigenvalue weighted by atomic mass is 14.0. The predicted octanol–water partition coefficient (Wildman–Crippen LogP) is 3.72. The third-order valence-electron chi connectivity index (χ3n) is 1.36. The van der Waals surface area contributed by atoms with Crippen LogP contribution in [0.5, 0.6) is 0 Å². The largest absolute Gasteiger partial charge is 0.0991 e. The summed E-state index contributed by atoms with van der Waals surface area (Å²) < 4.78 is 0. The van der Waals surface area contributed by atoms with Crippen LogP contribution >= 0.6 is 0 Å². The third kappa shape index (κ3) is 7.11. The highest BCUT2D eigenvalue weighted by Crippen LogP contribution is 2.09. The van der Waals surface area contributed by atoms with Crippen LogP contribution in [0, 0.1) is 5.92 Å². The van der Waals surface area contributed by atoms with E-state index in [-0.39, 0.29) is 0 Å². The third-order valence-corrected chi connectivity index (χ3v) is 1.36. The Balaban J connectivity index is 3.80. The monoisotopic (exact) mass is 150 g/mol. The summed E-state index contributed by atoms with van der Waals surface area (Å²) in [6.07, 6.45) is 9.09. The van der Waals surface area contributed by atoms with Crippen molar-refractivity contribution in [2.45, 2.75) is 27.2 Å². The van der Waals surface area contributed by atoms with Gasteiger partial charge < -0.3 is 0 Å². The van der Waals surface area contributed by atoms with E-state index in [1.165, 1.54) is 12.0 Å². The van der Waals surface area contributed by atoms with Crippen LogP contribution < -0.4 is 0 Å². The van der Waals surface area contributed by atoms with E-state index in [4.69, 9.17) is 0 Å². The SMILES string of the molecule is C=C/C=C\C=C(/C)CC(C)C. The fraction of sp³-hybridized carbons (Fsp3) is 0.455. The molecule has 0 spiro atoms. The van der Waals surface area contributed by atoms with Crippen LogP contribution in [0.3, 0.4) is 0 Å². The second kappa shape index (κ2) is 5.96. The molecule has 0 unspecified atom stereocenters. The van der Waals surface area contributed by atoms with Gasteiger partial charge in [-0.3, -0.25) is 0 Å². The van der Waals surface area contributed by atoms with E-state index in [2.05, 4.69) is 33.4 Å². The molecule has 0 rings (SSSR count). The molecule has 0 N–H and O–H groups in total. The van der Waals surface area contributed by atoms with Crippen molar-refractivity contribution in [3.8, 4) is 0 Å². The fourth-order valence-corrected chi connectivity index (χ4v) is 1.01. The smallest absolute Gasteiger partial charge is 0.0297 e. The summed E-state index contributed by atoms with van der Waals surface area (Å²) in [6.45, 7) is 10.2. The number of hydrogen-bond donors (Lipinski definition) is 0. The van der Waals surface area contributed by atoms with Crippen molar-refractivity contribution in [1.82, 2.24) is 0 Å². The zero-order valence-corrected chi connectivity index (χ0v) is 7.80. The Morgan fingerprint density at radius 3 is 2.45 bits per heavy atom. The van der Waals surface area contributed by atoms with Gasteiger partial charge in [-0.25, -0.2) is 0 Å². The summed E-state index contributed by atoms with van der Waals surface area (Å²) in [5, 5.41) is 0. The Bertz CT molecular complexity index is 159. The summed E-state index contributed by atoms with van der Waals surface area (Å²) in [5.74, 6) is 0.753. The molecular formula is C11H18. The number of hydrogen-bond acceptors (Lipinski definition) is 0. The van der Waals surface area contributed by atoms with Gasteiger partial charge in [0.25, 0.3) is 0 Å². The van der Waals surface area contributed by atoms with Gasteiger partial charge in [0, 0.05) is 0 Å². The van der Waals surface area contributed by atoms with Gasteiger partial charge in [-0.1, -0.05) is 50.3 Å². The van der Waals surface area contributed by atoms with Crippen LogP contribution in [0.1, 0.15) is 27.2 Å². The highest BCUT2D eigenvalue weighted by Gasteiger charge is 1.92. The molecule has 0 aliphatic heterocycles. The summed E-state index contributed by atoms with van der Waals surface area (Å²) in [5.41, 5.74) is 1.43. The van der Waals surface area contributed by atoms with Crippen LogP contribution in [-0.2, 0) is 0 Å². The Labute approximate surface area is 70.3 Å². The molecule has 0 saturated carbocycles. The van der Waals surface area contributed by atoms with Crippen molar-refractivity contribution in [2.24, 2.45) is 5.92 Å². The van der Waals surface area contributed by atoms with Gasteiger partial charge in [0.05, 0.1) is 0 Å². The molecule has 0 radical (unpaired) electrons. The Hall–Kier alpha value is -0.780. The molecule has 0 aromatic heterocycles. The van der Waals surface area contributed by atoms with E-state index in [1.807, 2.05) is 12.2 Å². The molecule has 0 atom stereocenters. The van der Waals surface area contributed by atoms with Gasteiger partial charge in [0.15, 0.2) is 0 Å². The number of rotatable bonds is 4. The van der Waals surface area contributed by atoms with Crippen molar-refractivity contribution in [3.63, 3.8) is 0 Å². The van der Waals surface area contributed by atoms with E-state index in [0.29, 0.717) is 0 Å². The fourth-order valence-electron chi connectivity index (χ4n) is 1.01. The first kappa shape index (κ1) is 10.2. The Morgan fingerprint density at radius 1 is 1.36 bits per heavy atom. The van der Waals surface area contributed by atoms with Crippen molar-refractivity contribution >= 4 is 0 Å². The van der Waals surface area contributed by atoms with Crippen LogP contribution in [-0.4, -0.2) is 0 Å². The average molecular weight is 150 g/mol. The lowest BCUT2D eigenvalue weighted by molar-refractivity contribution is 0.642. The standard InChI is InChI=1S/C11H18/c1-5-6-7-8-11(4)9-10(2)3/h5-8,10H,1,9H2,2-4H3/b7-6-,11-8+. The molecular weight excluding hydrogens is 132 g/mol. The van der Waals surface area contributed by atoms with Gasteiger partial charge in [-0.15, -0.1) is 0 Å². The molecule has 0 aromatic rings. The maximum absolute atomic E-state index is 3.60. The maximum atomic E-state index is 3.60. The Kier molecular flexibility index (Phi) is 5.54. The van der Waals surface area contributed by atoms with E-state index in [1.54, 1.807) is 6.08 Å². The van der Waals surface area contributed by atoms with Crippen molar-refractivity contribution in [1.29, 1.82) is 0 Å². The van der Waals surface area contributed by atoms with Gasteiger partial charge >= 0.3 is 0 Å². The highest BCUT2D eigenvalue weighted by molar-refractivity contribution is 5.14. The van der Waals surface area contributed by atoms with Crippen LogP contribution in [0.4, 0.5) is 0 Å². The lowest BCUT2D eigenvalue weighted by atomic mass is 10.0. The van der Waals surface area contributed by atoms with Gasteiger partial charge in [-0.2, -0.15) is 0 Å². The minimum absolute atomic E-state index is 0.753. The van der Waals surface area contributed by atoms with E-state index >= 15 is 0 Å². The van der Waals surface area contributed by atoms with Gasteiger partial charge in [0.1, 0.15) is 0 Å². The van der Waals surface area contributed by atoms with Crippen LogP contribution in [0.2, 0.25) is 0 Å². The summed E-state index contributed by atoms with van der Waals surface area (Å²) >= 11 is 0. The first-order valence-corrected chi connectivity index (χ1v) is 4.11. The molecule has 0 saturated heterocycles. The normalized spacial score (nSPS) is 12.9. The zero-order valence-electron chi connectivity index (χ0n) is 7.80. The van der Waals surface area contributed by atoms with Gasteiger partial charge in [0.2, 0.25) is 0 Å². The minimum atomic E-state index is 0.753. The molecule has 0 nitrogen and oxygen atoms in total. The summed E-state index contributed by atoms with van der Waals surface area (Å²) in [7, 11) is 0. The van der Waals surface area contributed by atoms with Crippen LogP contribution in [0.15, 0.2) is 36.5 Å². The first-order valence-electron chi connectivity index (χ1n) is 4.11. The average Bonchev–Trinajstić information content (AvgIpc) is 1.86. The molecule has 0 bridgehead atoms. The second-order valence-electron chi connectivity index (χ2n) is 3.23. The molecule has 0 heteroatoms. The molecule has 0 amide bonds. The minimum Gasteiger partial charge on any atom is -0.0991 e. The predicted molar refractivity (Wildman–Crippen MR) is 52.5 cm³/mol. The Morgan fingerprint density at radius 2 is 2.00 bits per heavy atom. The molecule has 0 aromatic carbocycles. The van der Waals surface area contributed by atoms with Gasteiger partial charge in [-0.05, 0) is 19.3 Å².